The fraction of sp³-hybridized carbons (Fsp3) is 0.714. The molecule has 2 aliphatic rings. The molecule has 22 heavy (non-hydrogen) atoms. The molecule has 0 radical (unpaired) electrons. The molecule has 1 unspecified atom stereocenters. The standard InChI is InChI=1S/C14H19AsINO5/c16-8-11(18)15-7-9-1-3-10(4-2-9)14(21)22-17-12(19)5-6-13(17)20/h9-10,15H,1-8H2. The molecule has 0 aromatic heterocycles. The van der Waals surface area contributed by atoms with E-state index < -0.39 is 33.5 Å². The Morgan fingerprint density at radius 3 is 2.27 bits per heavy atom. The van der Waals surface area contributed by atoms with Crippen LogP contribution in [0.1, 0.15) is 38.5 Å². The third-order valence-electron chi connectivity index (χ3n) is 4.08. The Morgan fingerprint density at radius 1 is 1.14 bits per heavy atom. The van der Waals surface area contributed by atoms with Crippen LogP contribution < -0.4 is 0 Å². The number of rotatable bonds is 6. The van der Waals surface area contributed by atoms with Crippen LogP contribution in [-0.4, -0.2) is 47.6 Å². The topological polar surface area (TPSA) is 80.8 Å². The van der Waals surface area contributed by atoms with Gasteiger partial charge >= 0.3 is 150 Å². The molecule has 0 bridgehead atoms. The molecule has 2 fully saturated rings. The first kappa shape index (κ1) is 17.9. The number of alkyl halides is 1. The number of carbonyl (C=O) groups is 4. The molecule has 0 spiro atoms. The molecule has 8 heteroatoms. The SMILES string of the molecule is O=C(CI)[AsH]CC1CCC(C(=O)ON2C(=O)CCC2=O)CC1. The first-order chi connectivity index (χ1) is 10.5. The van der Waals surface area contributed by atoms with E-state index in [0.717, 1.165) is 18.1 Å². The number of hydrogen-bond donors (Lipinski definition) is 0. The van der Waals surface area contributed by atoms with Gasteiger partial charge in [0.05, 0.1) is 0 Å². The van der Waals surface area contributed by atoms with Crippen LogP contribution >= 0.6 is 22.6 Å². The average Bonchev–Trinajstić information content (AvgIpc) is 2.84. The van der Waals surface area contributed by atoms with Crippen LogP contribution in [0.25, 0.3) is 0 Å². The molecule has 2 rings (SSSR count). The van der Waals surface area contributed by atoms with Gasteiger partial charge in [-0.25, -0.2) is 0 Å². The first-order valence-electron chi connectivity index (χ1n) is 7.41. The predicted molar refractivity (Wildman–Crippen MR) is 88.5 cm³/mol. The zero-order chi connectivity index (χ0) is 16.1. The summed E-state index contributed by atoms with van der Waals surface area (Å²) in [7, 11) is 0. The molecule has 1 aliphatic carbocycles. The molecule has 122 valence electrons. The van der Waals surface area contributed by atoms with Crippen molar-refractivity contribution in [2.75, 3.05) is 4.43 Å². The van der Waals surface area contributed by atoms with E-state index in [1.165, 1.54) is 0 Å². The van der Waals surface area contributed by atoms with Crippen LogP contribution in [0.5, 0.6) is 0 Å². The third kappa shape index (κ3) is 4.78. The van der Waals surface area contributed by atoms with Gasteiger partial charge in [0, 0.05) is 0 Å². The summed E-state index contributed by atoms with van der Waals surface area (Å²) < 4.78 is 1.00. The van der Waals surface area contributed by atoms with Gasteiger partial charge in [-0.05, 0) is 0 Å². The van der Waals surface area contributed by atoms with E-state index >= 15 is 0 Å². The van der Waals surface area contributed by atoms with Gasteiger partial charge in [0.15, 0.2) is 0 Å². The van der Waals surface area contributed by atoms with Crippen LogP contribution in [0.15, 0.2) is 0 Å². The van der Waals surface area contributed by atoms with Gasteiger partial charge in [-0.1, -0.05) is 0 Å². The molecule has 1 aliphatic heterocycles. The van der Waals surface area contributed by atoms with E-state index in [4.69, 9.17) is 4.84 Å². The molecule has 0 aromatic rings. The fourth-order valence-electron chi connectivity index (χ4n) is 2.73. The van der Waals surface area contributed by atoms with Gasteiger partial charge in [0.1, 0.15) is 0 Å². The van der Waals surface area contributed by atoms with E-state index in [0.29, 0.717) is 32.8 Å². The van der Waals surface area contributed by atoms with Crippen LogP contribution in [0, 0.1) is 11.8 Å². The Hall–Kier alpha value is -0.432. The Balaban J connectivity index is 1.74. The van der Waals surface area contributed by atoms with Crippen molar-refractivity contribution in [2.24, 2.45) is 11.8 Å². The van der Waals surface area contributed by atoms with Gasteiger partial charge in [0.25, 0.3) is 0 Å². The summed E-state index contributed by atoms with van der Waals surface area (Å²) in [5.74, 6) is -1.05. The van der Waals surface area contributed by atoms with Crippen molar-refractivity contribution < 1.29 is 24.0 Å². The summed E-state index contributed by atoms with van der Waals surface area (Å²) >= 11 is 1.59. The van der Waals surface area contributed by atoms with Crippen molar-refractivity contribution in [3.63, 3.8) is 0 Å². The normalized spacial score (nSPS) is 26.0. The zero-order valence-corrected chi connectivity index (χ0v) is 16.4. The van der Waals surface area contributed by atoms with Crippen LogP contribution in [0.2, 0.25) is 5.21 Å². The zero-order valence-electron chi connectivity index (χ0n) is 12.2. The quantitative estimate of drug-likeness (QED) is 0.246. The summed E-state index contributed by atoms with van der Waals surface area (Å²) in [6, 6.07) is 0. The number of halogens is 1. The number of carbonyl (C=O) groups excluding carboxylic acids is 4. The maximum absolute atomic E-state index is 12.0. The molecule has 1 atom stereocenters. The molecular weight excluding hydrogens is 464 g/mol. The molecular formula is C14H19AsINO5. The van der Waals surface area contributed by atoms with E-state index in [9.17, 15) is 19.2 Å². The first-order valence-corrected chi connectivity index (χ1v) is 11.5. The van der Waals surface area contributed by atoms with Gasteiger partial charge < -0.3 is 0 Å². The second-order valence-corrected chi connectivity index (χ2v) is 9.18. The van der Waals surface area contributed by atoms with Crippen molar-refractivity contribution in [2.45, 2.75) is 43.7 Å². The monoisotopic (exact) mass is 483 g/mol. The molecule has 0 N–H and O–H groups in total. The molecule has 6 nitrogen and oxygen atoms in total. The average molecular weight is 483 g/mol. The molecule has 1 saturated carbocycles. The molecule has 1 heterocycles. The van der Waals surface area contributed by atoms with Crippen molar-refractivity contribution >= 4 is 60.7 Å². The second-order valence-electron chi connectivity index (χ2n) is 5.65. The summed E-state index contributed by atoms with van der Waals surface area (Å²) in [6.45, 7) is 0. The maximum atomic E-state index is 12.0. The van der Waals surface area contributed by atoms with Crippen molar-refractivity contribution in [3.05, 3.63) is 0 Å². The minimum absolute atomic E-state index is 0.119. The second kappa shape index (κ2) is 8.43. The molecule has 2 amide bonds. The van der Waals surface area contributed by atoms with Gasteiger partial charge in [-0.15, -0.1) is 0 Å². The number of amides is 2. The van der Waals surface area contributed by atoms with E-state index in [1.807, 2.05) is 0 Å². The minimum atomic E-state index is -0.512. The van der Waals surface area contributed by atoms with Gasteiger partial charge in [0.2, 0.25) is 0 Å². The number of hydroxylamine groups is 2. The van der Waals surface area contributed by atoms with Crippen LogP contribution in [0.3, 0.4) is 0 Å². The van der Waals surface area contributed by atoms with Crippen LogP contribution in [0.4, 0.5) is 0 Å². The van der Waals surface area contributed by atoms with Gasteiger partial charge in [-0.3, -0.25) is 0 Å². The fourth-order valence-corrected chi connectivity index (χ4v) is 6.27. The number of nitrogens with zero attached hydrogens (tertiary/aromatic N) is 1. The number of hydrogen-bond acceptors (Lipinski definition) is 5. The third-order valence-corrected chi connectivity index (χ3v) is 9.12. The summed E-state index contributed by atoms with van der Waals surface area (Å²) in [4.78, 5) is 51.3. The number of imide groups is 1. The van der Waals surface area contributed by atoms with Crippen LogP contribution in [-0.2, 0) is 24.0 Å². The summed E-state index contributed by atoms with van der Waals surface area (Å²) in [6.07, 6.45) is 3.50. The Kier molecular flexibility index (Phi) is 6.86. The molecule has 1 saturated heterocycles. The predicted octanol–water partition coefficient (Wildman–Crippen LogP) is 1.22. The Labute approximate surface area is 149 Å². The van der Waals surface area contributed by atoms with E-state index in [-0.39, 0.29) is 18.8 Å². The van der Waals surface area contributed by atoms with Crippen molar-refractivity contribution in [1.82, 2.24) is 5.06 Å². The van der Waals surface area contributed by atoms with Crippen molar-refractivity contribution in [3.8, 4) is 0 Å². The molecule has 0 aromatic carbocycles. The summed E-state index contributed by atoms with van der Waals surface area (Å²) in [5.41, 5.74) is 0. The summed E-state index contributed by atoms with van der Waals surface area (Å²) in [5, 5.41) is 1.63. The van der Waals surface area contributed by atoms with E-state index in [1.54, 1.807) is 0 Å². The Morgan fingerprint density at radius 2 is 1.73 bits per heavy atom. The van der Waals surface area contributed by atoms with E-state index in [2.05, 4.69) is 22.6 Å². The Bertz CT molecular complexity index is 460. The van der Waals surface area contributed by atoms with Crippen molar-refractivity contribution in [1.29, 1.82) is 0 Å². The van der Waals surface area contributed by atoms with Gasteiger partial charge in [-0.2, -0.15) is 0 Å².